The molecule has 1 atom stereocenters. The largest absolute Gasteiger partial charge is 0.480 e. The molecule has 1 unspecified atom stereocenters. The van der Waals surface area contributed by atoms with Gasteiger partial charge in [-0.15, -0.1) is 0 Å². The number of hydrogen-bond donors (Lipinski definition) is 2. The van der Waals surface area contributed by atoms with Gasteiger partial charge in [0.2, 0.25) is 0 Å². The number of benzene rings is 1. The molecule has 0 aliphatic carbocycles. The second kappa shape index (κ2) is 6.33. The highest BCUT2D eigenvalue weighted by Gasteiger charge is 2.39. The molecule has 0 saturated carbocycles. The van der Waals surface area contributed by atoms with Crippen molar-refractivity contribution in [2.75, 3.05) is 26.2 Å². The van der Waals surface area contributed by atoms with Crippen LogP contribution in [0.5, 0.6) is 0 Å². The third-order valence-electron chi connectivity index (χ3n) is 3.94. The average molecular weight is 280 g/mol. The quantitative estimate of drug-likeness (QED) is 0.878. The maximum absolute atomic E-state index is 13.3. The van der Waals surface area contributed by atoms with Gasteiger partial charge in [-0.05, 0) is 37.6 Å². The molecule has 1 aliphatic rings. The van der Waals surface area contributed by atoms with E-state index in [2.05, 4.69) is 5.32 Å². The van der Waals surface area contributed by atoms with Gasteiger partial charge in [-0.1, -0.05) is 12.1 Å². The Bertz CT molecular complexity index is 473. The second-order valence-electron chi connectivity index (χ2n) is 5.48. The van der Waals surface area contributed by atoms with Crippen molar-refractivity contribution in [3.8, 4) is 0 Å². The summed E-state index contributed by atoms with van der Waals surface area (Å²) in [6.45, 7) is 4.85. The van der Waals surface area contributed by atoms with Crippen molar-refractivity contribution in [3.63, 3.8) is 0 Å². The normalized spacial score (nSPS) is 20.1. The summed E-state index contributed by atoms with van der Waals surface area (Å²) in [5, 5.41) is 12.9. The van der Waals surface area contributed by atoms with E-state index in [1.165, 1.54) is 12.1 Å². The number of nitrogens with one attached hydrogen (secondary N) is 1. The molecule has 0 aromatic heterocycles. The molecule has 110 valence electrons. The van der Waals surface area contributed by atoms with Gasteiger partial charge in [0, 0.05) is 26.1 Å². The van der Waals surface area contributed by atoms with Crippen LogP contribution in [-0.4, -0.2) is 47.7 Å². The molecule has 5 heteroatoms. The molecule has 1 saturated heterocycles. The zero-order valence-corrected chi connectivity index (χ0v) is 11.7. The Morgan fingerprint density at radius 1 is 1.45 bits per heavy atom. The van der Waals surface area contributed by atoms with Crippen LogP contribution < -0.4 is 5.32 Å². The first-order valence-electron chi connectivity index (χ1n) is 6.96. The molecule has 1 aromatic rings. The van der Waals surface area contributed by atoms with Crippen molar-refractivity contribution in [1.29, 1.82) is 0 Å². The van der Waals surface area contributed by atoms with Gasteiger partial charge in [-0.3, -0.25) is 9.69 Å². The fraction of sp³-hybridized carbons (Fsp3) is 0.533. The highest BCUT2D eigenvalue weighted by molar-refractivity contribution is 5.78. The molecule has 0 bridgehead atoms. The first-order chi connectivity index (χ1) is 9.52. The van der Waals surface area contributed by atoms with E-state index in [1.54, 1.807) is 19.1 Å². The molecule has 20 heavy (non-hydrogen) atoms. The first kappa shape index (κ1) is 14.9. The van der Waals surface area contributed by atoms with Gasteiger partial charge >= 0.3 is 5.97 Å². The Kier molecular flexibility index (Phi) is 4.73. The van der Waals surface area contributed by atoms with Crippen LogP contribution in [-0.2, 0) is 11.2 Å². The van der Waals surface area contributed by atoms with Crippen LogP contribution in [0.4, 0.5) is 4.39 Å². The third kappa shape index (κ3) is 3.35. The molecular weight excluding hydrogens is 259 g/mol. The number of hydrogen-bond acceptors (Lipinski definition) is 3. The summed E-state index contributed by atoms with van der Waals surface area (Å²) in [4.78, 5) is 13.8. The van der Waals surface area contributed by atoms with Crippen molar-refractivity contribution < 1.29 is 14.3 Å². The Morgan fingerprint density at radius 3 is 2.95 bits per heavy atom. The van der Waals surface area contributed by atoms with Crippen molar-refractivity contribution in [2.45, 2.75) is 25.3 Å². The molecule has 0 spiro atoms. The van der Waals surface area contributed by atoms with Gasteiger partial charge in [0.05, 0.1) is 0 Å². The van der Waals surface area contributed by atoms with Gasteiger partial charge in [0.25, 0.3) is 0 Å². The van der Waals surface area contributed by atoms with E-state index < -0.39 is 11.5 Å². The summed E-state index contributed by atoms with van der Waals surface area (Å²) in [5.74, 6) is -1.18. The van der Waals surface area contributed by atoms with Gasteiger partial charge in [-0.2, -0.15) is 0 Å². The van der Waals surface area contributed by atoms with E-state index in [1.807, 2.05) is 4.90 Å². The number of carboxylic acid groups (broad SMARTS) is 1. The maximum Gasteiger partial charge on any atom is 0.324 e. The molecule has 2 rings (SSSR count). The SMILES string of the molecule is CC(Cc1cccc(F)c1)(C(=O)O)N1CCCNCC1. The molecule has 1 heterocycles. The van der Waals surface area contributed by atoms with Gasteiger partial charge in [-0.25, -0.2) is 4.39 Å². The van der Waals surface area contributed by atoms with E-state index >= 15 is 0 Å². The molecule has 1 aliphatic heterocycles. The minimum absolute atomic E-state index is 0.306. The highest BCUT2D eigenvalue weighted by atomic mass is 19.1. The lowest BCUT2D eigenvalue weighted by molar-refractivity contribution is -0.150. The van der Waals surface area contributed by atoms with Crippen molar-refractivity contribution in [1.82, 2.24) is 10.2 Å². The first-order valence-corrected chi connectivity index (χ1v) is 6.96. The predicted molar refractivity (Wildman–Crippen MR) is 75.2 cm³/mol. The summed E-state index contributed by atoms with van der Waals surface area (Å²) in [5.41, 5.74) is -0.285. The lowest BCUT2D eigenvalue weighted by Crippen LogP contribution is -2.55. The fourth-order valence-corrected chi connectivity index (χ4v) is 2.71. The van der Waals surface area contributed by atoms with Crippen LogP contribution in [0, 0.1) is 5.82 Å². The summed E-state index contributed by atoms with van der Waals surface area (Å²) in [6.07, 6.45) is 1.23. The van der Waals surface area contributed by atoms with Gasteiger partial charge in [0.15, 0.2) is 0 Å². The molecule has 1 fully saturated rings. The molecular formula is C15H21FN2O2. The predicted octanol–water partition coefficient (Wildman–Crippen LogP) is 1.51. The second-order valence-corrected chi connectivity index (χ2v) is 5.48. The van der Waals surface area contributed by atoms with E-state index in [9.17, 15) is 14.3 Å². The minimum atomic E-state index is -1.00. The standard InChI is InChI=1S/C15H21FN2O2/c1-15(14(19)20,18-8-3-6-17-7-9-18)11-12-4-2-5-13(16)10-12/h2,4-5,10,17H,3,6-9,11H2,1H3,(H,19,20). The smallest absolute Gasteiger partial charge is 0.324 e. The Labute approximate surface area is 118 Å². The Hall–Kier alpha value is -1.46. The molecule has 0 amide bonds. The Morgan fingerprint density at radius 2 is 2.25 bits per heavy atom. The number of carbonyl (C=O) groups is 1. The topological polar surface area (TPSA) is 52.6 Å². The fourth-order valence-electron chi connectivity index (χ4n) is 2.71. The molecule has 2 N–H and O–H groups in total. The van der Waals surface area contributed by atoms with Crippen LogP contribution in [0.2, 0.25) is 0 Å². The Balaban J connectivity index is 2.22. The monoisotopic (exact) mass is 280 g/mol. The van der Waals surface area contributed by atoms with E-state index in [-0.39, 0.29) is 5.82 Å². The maximum atomic E-state index is 13.3. The zero-order valence-electron chi connectivity index (χ0n) is 11.7. The van der Waals surface area contributed by atoms with E-state index in [0.717, 1.165) is 26.1 Å². The van der Waals surface area contributed by atoms with Crippen LogP contribution in [0.3, 0.4) is 0 Å². The third-order valence-corrected chi connectivity index (χ3v) is 3.94. The summed E-state index contributed by atoms with van der Waals surface area (Å²) in [7, 11) is 0. The lowest BCUT2D eigenvalue weighted by Gasteiger charge is -2.37. The summed E-state index contributed by atoms with van der Waals surface area (Å²) >= 11 is 0. The lowest BCUT2D eigenvalue weighted by atomic mass is 9.90. The summed E-state index contributed by atoms with van der Waals surface area (Å²) in [6, 6.07) is 6.19. The molecule has 4 nitrogen and oxygen atoms in total. The van der Waals surface area contributed by atoms with E-state index in [4.69, 9.17) is 0 Å². The minimum Gasteiger partial charge on any atom is -0.480 e. The molecule has 1 aromatic carbocycles. The van der Waals surface area contributed by atoms with Crippen LogP contribution in [0.25, 0.3) is 0 Å². The number of rotatable bonds is 4. The van der Waals surface area contributed by atoms with Crippen molar-refractivity contribution >= 4 is 5.97 Å². The zero-order chi connectivity index (χ0) is 14.6. The number of carboxylic acids is 1. The van der Waals surface area contributed by atoms with Crippen LogP contribution in [0.1, 0.15) is 18.9 Å². The van der Waals surface area contributed by atoms with Gasteiger partial charge in [0.1, 0.15) is 11.4 Å². The van der Waals surface area contributed by atoms with Crippen LogP contribution in [0.15, 0.2) is 24.3 Å². The number of halogens is 1. The average Bonchev–Trinajstić information content (AvgIpc) is 2.67. The van der Waals surface area contributed by atoms with Crippen molar-refractivity contribution in [2.24, 2.45) is 0 Å². The van der Waals surface area contributed by atoms with E-state index in [0.29, 0.717) is 18.5 Å². The van der Waals surface area contributed by atoms with Crippen molar-refractivity contribution in [3.05, 3.63) is 35.6 Å². The van der Waals surface area contributed by atoms with Gasteiger partial charge < -0.3 is 10.4 Å². The number of nitrogens with zero attached hydrogens (tertiary/aromatic N) is 1. The van der Waals surface area contributed by atoms with Crippen LogP contribution >= 0.6 is 0 Å². The number of aliphatic carboxylic acids is 1. The molecule has 0 radical (unpaired) electrons. The highest BCUT2D eigenvalue weighted by Crippen LogP contribution is 2.23. The summed E-state index contributed by atoms with van der Waals surface area (Å²) < 4.78 is 13.3.